The number of hydrogen-bond donors (Lipinski definition) is 1. The lowest BCUT2D eigenvalue weighted by Gasteiger charge is -2.14. The van der Waals surface area contributed by atoms with Crippen molar-refractivity contribution in [3.63, 3.8) is 0 Å². The van der Waals surface area contributed by atoms with Crippen molar-refractivity contribution in [1.29, 1.82) is 0 Å². The third kappa shape index (κ3) is 5.63. The van der Waals surface area contributed by atoms with Crippen molar-refractivity contribution in [2.24, 2.45) is 4.99 Å². The second-order valence-corrected chi connectivity index (χ2v) is 8.95. The molecule has 1 N–H and O–H groups in total. The van der Waals surface area contributed by atoms with Crippen LogP contribution in [-0.2, 0) is 15.8 Å². The Morgan fingerprint density at radius 2 is 1.84 bits per heavy atom. The Morgan fingerprint density at radius 3 is 2.44 bits per heavy atom. The number of carbonyl (C=O) groups excluding carboxylic acids is 2. The number of rotatable bonds is 5. The number of nitrogens with zero attached hydrogens (tertiary/aromatic N) is 2. The first-order valence-corrected chi connectivity index (χ1v) is 11.0. The van der Waals surface area contributed by atoms with Crippen molar-refractivity contribution in [3.8, 4) is 0 Å². The average Bonchev–Trinajstić information content (AvgIpc) is 2.95. The summed E-state index contributed by atoms with van der Waals surface area (Å²) in [6.07, 6.45) is -4.70. The lowest BCUT2D eigenvalue weighted by molar-refractivity contribution is -0.137. The van der Waals surface area contributed by atoms with E-state index >= 15 is 0 Å². The molecule has 2 aromatic rings. The Labute approximate surface area is 193 Å². The molecule has 1 aliphatic heterocycles. The van der Waals surface area contributed by atoms with E-state index in [4.69, 9.17) is 11.6 Å². The van der Waals surface area contributed by atoms with Crippen LogP contribution in [0.1, 0.15) is 30.0 Å². The third-order valence-electron chi connectivity index (χ3n) is 4.69. The summed E-state index contributed by atoms with van der Waals surface area (Å²) >= 11 is 6.72. The van der Waals surface area contributed by atoms with Crippen LogP contribution in [0.4, 0.5) is 24.5 Å². The highest BCUT2D eigenvalue weighted by atomic mass is 35.5. The molecular weight excluding hydrogens is 463 g/mol. The number of anilines is 1. The van der Waals surface area contributed by atoms with Gasteiger partial charge in [0.25, 0.3) is 0 Å². The number of alkyl halides is 3. The maximum Gasteiger partial charge on any atom is 0.417 e. The molecule has 1 unspecified atom stereocenters. The molecule has 0 saturated carbocycles. The van der Waals surface area contributed by atoms with Gasteiger partial charge in [0.15, 0.2) is 5.17 Å². The molecule has 1 fully saturated rings. The molecule has 2 amide bonds. The summed E-state index contributed by atoms with van der Waals surface area (Å²) in [5.41, 5.74) is 1.67. The minimum atomic E-state index is -4.62. The van der Waals surface area contributed by atoms with Gasteiger partial charge in [-0.3, -0.25) is 14.5 Å². The largest absolute Gasteiger partial charge is 0.417 e. The molecule has 0 bridgehead atoms. The highest BCUT2D eigenvalue weighted by Crippen LogP contribution is 2.38. The number of benzene rings is 2. The van der Waals surface area contributed by atoms with Crippen LogP contribution in [0.3, 0.4) is 0 Å². The predicted octanol–water partition coefficient (Wildman–Crippen LogP) is 5.96. The number of carbonyl (C=O) groups is 2. The molecule has 1 aliphatic rings. The topological polar surface area (TPSA) is 61.8 Å². The average molecular weight is 484 g/mol. The fourth-order valence-corrected chi connectivity index (χ4v) is 4.80. The van der Waals surface area contributed by atoms with E-state index in [1.807, 2.05) is 32.0 Å². The van der Waals surface area contributed by atoms with Crippen LogP contribution in [0.5, 0.6) is 0 Å². The van der Waals surface area contributed by atoms with E-state index in [0.29, 0.717) is 5.69 Å². The number of thioether (sulfide) groups is 1. The van der Waals surface area contributed by atoms with E-state index in [-0.39, 0.29) is 35.6 Å². The fourth-order valence-electron chi connectivity index (χ4n) is 3.35. The first-order chi connectivity index (χ1) is 15.0. The summed E-state index contributed by atoms with van der Waals surface area (Å²) in [5.74, 6) is -0.638. The van der Waals surface area contributed by atoms with Gasteiger partial charge in [-0.2, -0.15) is 13.2 Å². The molecule has 0 radical (unpaired) electrons. The summed E-state index contributed by atoms with van der Waals surface area (Å²) in [5, 5.41) is 1.90. The molecule has 0 spiro atoms. The van der Waals surface area contributed by atoms with Crippen molar-refractivity contribution in [2.45, 2.75) is 38.6 Å². The molecule has 5 nitrogen and oxygen atoms in total. The summed E-state index contributed by atoms with van der Waals surface area (Å²) in [6, 6.07) is 8.96. The Kier molecular flexibility index (Phi) is 7.19. The Morgan fingerprint density at radius 1 is 1.19 bits per heavy atom. The fraction of sp³-hybridized carbons (Fsp3) is 0.318. The number of aryl methyl sites for hydroxylation is 2. The van der Waals surface area contributed by atoms with Crippen molar-refractivity contribution in [2.75, 3.05) is 11.9 Å². The smallest absolute Gasteiger partial charge is 0.326 e. The summed E-state index contributed by atoms with van der Waals surface area (Å²) in [6.45, 7) is 5.85. The normalized spacial score (nSPS) is 17.8. The Balaban J connectivity index is 1.78. The van der Waals surface area contributed by atoms with Crippen molar-refractivity contribution >= 4 is 51.7 Å². The molecule has 0 aliphatic carbocycles. The minimum Gasteiger partial charge on any atom is -0.326 e. The third-order valence-corrected chi connectivity index (χ3v) is 6.20. The summed E-state index contributed by atoms with van der Waals surface area (Å²) < 4.78 is 39.4. The van der Waals surface area contributed by atoms with Gasteiger partial charge in [-0.25, -0.2) is 4.99 Å². The van der Waals surface area contributed by atoms with Crippen LogP contribution in [0.25, 0.3) is 0 Å². The second-order valence-electron chi connectivity index (χ2n) is 7.37. The molecule has 1 heterocycles. The molecule has 170 valence electrons. The molecule has 1 saturated heterocycles. The number of nitrogens with one attached hydrogen (secondary N) is 1. The predicted molar refractivity (Wildman–Crippen MR) is 121 cm³/mol. The van der Waals surface area contributed by atoms with Gasteiger partial charge in [-0.15, -0.1) is 0 Å². The number of hydrogen-bond acceptors (Lipinski definition) is 4. The molecule has 10 heteroatoms. The lowest BCUT2D eigenvalue weighted by Crippen LogP contribution is -2.33. The number of amides is 2. The van der Waals surface area contributed by atoms with E-state index in [1.54, 1.807) is 6.92 Å². The van der Waals surface area contributed by atoms with Gasteiger partial charge in [0, 0.05) is 18.7 Å². The number of aliphatic imine (C=N–C) groups is 1. The van der Waals surface area contributed by atoms with Crippen LogP contribution in [0.15, 0.2) is 41.4 Å². The van der Waals surface area contributed by atoms with Crippen molar-refractivity contribution in [1.82, 2.24) is 4.90 Å². The first-order valence-electron chi connectivity index (χ1n) is 9.79. The monoisotopic (exact) mass is 483 g/mol. The molecule has 32 heavy (non-hydrogen) atoms. The zero-order valence-corrected chi connectivity index (χ0v) is 19.2. The highest BCUT2D eigenvalue weighted by Gasteiger charge is 2.39. The van der Waals surface area contributed by atoms with Gasteiger partial charge in [-0.05, 0) is 62.2 Å². The quantitative estimate of drug-likeness (QED) is 0.571. The van der Waals surface area contributed by atoms with Crippen LogP contribution >= 0.6 is 23.4 Å². The van der Waals surface area contributed by atoms with E-state index in [2.05, 4.69) is 10.3 Å². The molecule has 3 rings (SSSR count). The standard InChI is InChI=1S/C22H21ClF3N3O2S/c1-4-29-20(31)18(11-19(30)27-15-8-12(2)7-13(3)9-15)32-21(29)28-14-5-6-17(23)16(10-14)22(24,25)26/h5-10,18H,4,11H2,1-3H3,(H,27,30). The summed E-state index contributed by atoms with van der Waals surface area (Å²) in [4.78, 5) is 30.9. The molecule has 2 aromatic carbocycles. The first kappa shape index (κ1) is 24.1. The van der Waals surface area contributed by atoms with Gasteiger partial charge >= 0.3 is 6.18 Å². The van der Waals surface area contributed by atoms with Crippen LogP contribution in [0, 0.1) is 13.8 Å². The van der Waals surface area contributed by atoms with Gasteiger partial charge in [-0.1, -0.05) is 29.4 Å². The Bertz CT molecular complexity index is 1070. The number of amidine groups is 1. The van der Waals surface area contributed by atoms with E-state index in [9.17, 15) is 22.8 Å². The molecular formula is C22H21ClF3N3O2S. The lowest BCUT2D eigenvalue weighted by atomic mass is 10.1. The SMILES string of the molecule is CCN1C(=O)C(CC(=O)Nc2cc(C)cc(C)c2)SC1=Nc1ccc(Cl)c(C(F)(F)F)c1. The van der Waals surface area contributed by atoms with E-state index in [1.165, 1.54) is 11.0 Å². The van der Waals surface area contributed by atoms with Crippen LogP contribution < -0.4 is 5.32 Å². The van der Waals surface area contributed by atoms with Gasteiger partial charge in [0.05, 0.1) is 16.3 Å². The second kappa shape index (κ2) is 9.54. The van der Waals surface area contributed by atoms with Crippen molar-refractivity contribution < 1.29 is 22.8 Å². The highest BCUT2D eigenvalue weighted by molar-refractivity contribution is 8.15. The minimum absolute atomic E-state index is 0.0239. The molecule has 1 atom stereocenters. The zero-order valence-electron chi connectivity index (χ0n) is 17.6. The van der Waals surface area contributed by atoms with Gasteiger partial charge in [0.1, 0.15) is 5.25 Å². The van der Waals surface area contributed by atoms with Gasteiger partial charge in [0.2, 0.25) is 11.8 Å². The zero-order chi connectivity index (χ0) is 23.6. The molecule has 0 aromatic heterocycles. The maximum absolute atomic E-state index is 13.1. The number of halogens is 4. The summed E-state index contributed by atoms with van der Waals surface area (Å²) in [7, 11) is 0. The maximum atomic E-state index is 13.1. The van der Waals surface area contributed by atoms with Gasteiger partial charge < -0.3 is 5.32 Å². The van der Waals surface area contributed by atoms with Crippen LogP contribution in [-0.4, -0.2) is 33.7 Å². The van der Waals surface area contributed by atoms with E-state index in [0.717, 1.165) is 35.0 Å². The van der Waals surface area contributed by atoms with E-state index < -0.39 is 22.0 Å². The van der Waals surface area contributed by atoms with Crippen molar-refractivity contribution in [3.05, 3.63) is 58.1 Å². The van der Waals surface area contributed by atoms with Crippen LogP contribution in [0.2, 0.25) is 5.02 Å². The Hall–Kier alpha value is -2.52.